The molecule has 0 bridgehead atoms. The molecule has 2 N–H and O–H groups in total. The van der Waals surface area contributed by atoms with E-state index in [9.17, 15) is 9.18 Å². The van der Waals surface area contributed by atoms with Gasteiger partial charge in [-0.1, -0.05) is 12.5 Å². The van der Waals surface area contributed by atoms with Gasteiger partial charge in [-0.3, -0.25) is 4.79 Å². The van der Waals surface area contributed by atoms with Gasteiger partial charge >= 0.3 is 0 Å². The SMILES string of the molecule is Cc1cc(C)c(C(=O)C2CCCC(N)C2)c(F)c1. The Morgan fingerprint density at radius 1 is 1.33 bits per heavy atom. The summed E-state index contributed by atoms with van der Waals surface area (Å²) in [5, 5.41) is 0. The number of carbonyl (C=O) groups excluding carboxylic acids is 1. The molecule has 1 aromatic rings. The summed E-state index contributed by atoms with van der Waals surface area (Å²) in [6, 6.07) is 3.38. The average molecular weight is 249 g/mol. The highest BCUT2D eigenvalue weighted by Crippen LogP contribution is 2.28. The van der Waals surface area contributed by atoms with Gasteiger partial charge in [0.25, 0.3) is 0 Å². The van der Waals surface area contributed by atoms with Crippen LogP contribution in [0, 0.1) is 25.6 Å². The van der Waals surface area contributed by atoms with E-state index in [-0.39, 0.29) is 23.3 Å². The van der Waals surface area contributed by atoms with E-state index >= 15 is 0 Å². The second-order valence-corrected chi connectivity index (χ2v) is 5.43. The van der Waals surface area contributed by atoms with Crippen molar-refractivity contribution in [1.82, 2.24) is 0 Å². The summed E-state index contributed by atoms with van der Waals surface area (Å²) in [6.07, 6.45) is 3.45. The van der Waals surface area contributed by atoms with Crippen molar-refractivity contribution in [3.8, 4) is 0 Å². The van der Waals surface area contributed by atoms with Gasteiger partial charge in [-0.25, -0.2) is 4.39 Å². The molecule has 0 aliphatic heterocycles. The first-order chi connectivity index (χ1) is 8.49. The van der Waals surface area contributed by atoms with Crippen LogP contribution in [0.3, 0.4) is 0 Å². The van der Waals surface area contributed by atoms with Crippen LogP contribution < -0.4 is 5.73 Å². The standard InChI is InChI=1S/C15H20FNO/c1-9-6-10(2)14(13(16)7-9)15(18)11-4-3-5-12(17)8-11/h6-7,11-12H,3-5,8,17H2,1-2H3. The molecule has 0 spiro atoms. The smallest absolute Gasteiger partial charge is 0.169 e. The molecular formula is C15H20FNO. The highest BCUT2D eigenvalue weighted by molar-refractivity contribution is 5.99. The average Bonchev–Trinajstić information content (AvgIpc) is 2.27. The van der Waals surface area contributed by atoms with Crippen LogP contribution in [0.5, 0.6) is 0 Å². The van der Waals surface area contributed by atoms with Crippen molar-refractivity contribution in [2.45, 2.75) is 45.6 Å². The lowest BCUT2D eigenvalue weighted by Crippen LogP contribution is -2.32. The molecule has 0 saturated heterocycles. The number of hydrogen-bond acceptors (Lipinski definition) is 2. The van der Waals surface area contributed by atoms with Crippen LogP contribution in [-0.2, 0) is 0 Å². The van der Waals surface area contributed by atoms with Gasteiger partial charge < -0.3 is 5.73 Å². The first kappa shape index (κ1) is 13.2. The third-order valence-electron chi connectivity index (χ3n) is 3.76. The molecule has 1 saturated carbocycles. The van der Waals surface area contributed by atoms with E-state index < -0.39 is 5.82 Å². The van der Waals surface area contributed by atoms with E-state index in [4.69, 9.17) is 5.73 Å². The topological polar surface area (TPSA) is 43.1 Å². The highest BCUT2D eigenvalue weighted by atomic mass is 19.1. The molecule has 18 heavy (non-hydrogen) atoms. The maximum Gasteiger partial charge on any atom is 0.169 e. The summed E-state index contributed by atoms with van der Waals surface area (Å²) < 4.78 is 14.0. The zero-order chi connectivity index (χ0) is 13.3. The van der Waals surface area contributed by atoms with E-state index in [1.165, 1.54) is 6.07 Å². The Morgan fingerprint density at radius 2 is 2.06 bits per heavy atom. The number of rotatable bonds is 2. The Balaban J connectivity index is 2.28. The normalized spacial score (nSPS) is 24.0. The minimum absolute atomic E-state index is 0.0693. The lowest BCUT2D eigenvalue weighted by molar-refractivity contribution is 0.0876. The Bertz CT molecular complexity index is 447. The fourth-order valence-corrected chi connectivity index (χ4v) is 2.90. The quantitative estimate of drug-likeness (QED) is 0.818. The van der Waals surface area contributed by atoms with Crippen LogP contribution in [-0.4, -0.2) is 11.8 Å². The van der Waals surface area contributed by atoms with E-state index in [0.29, 0.717) is 6.42 Å². The lowest BCUT2D eigenvalue weighted by atomic mass is 9.80. The molecule has 3 heteroatoms. The van der Waals surface area contributed by atoms with Crippen LogP contribution in [0.25, 0.3) is 0 Å². The van der Waals surface area contributed by atoms with Gasteiger partial charge in [-0.05, 0) is 50.3 Å². The summed E-state index contributed by atoms with van der Waals surface area (Å²) in [5.74, 6) is -0.568. The number of Topliss-reactive ketones (excluding diaryl/α,β-unsaturated/α-hetero) is 1. The van der Waals surface area contributed by atoms with Gasteiger partial charge in [0, 0.05) is 12.0 Å². The molecule has 2 nitrogen and oxygen atoms in total. The van der Waals surface area contributed by atoms with E-state index in [1.807, 2.05) is 13.0 Å². The van der Waals surface area contributed by atoms with Crippen LogP contribution in [0.1, 0.15) is 47.2 Å². The van der Waals surface area contributed by atoms with Crippen molar-refractivity contribution in [1.29, 1.82) is 0 Å². The number of halogens is 1. The summed E-state index contributed by atoms with van der Waals surface area (Å²) in [4.78, 5) is 12.4. The number of ketones is 1. The molecule has 2 rings (SSSR count). The monoisotopic (exact) mass is 249 g/mol. The predicted molar refractivity (Wildman–Crippen MR) is 70.1 cm³/mol. The number of benzene rings is 1. The van der Waals surface area contributed by atoms with Gasteiger partial charge in [0.2, 0.25) is 0 Å². The Kier molecular flexibility index (Phi) is 3.81. The second-order valence-electron chi connectivity index (χ2n) is 5.43. The van der Waals surface area contributed by atoms with Crippen molar-refractivity contribution in [2.75, 3.05) is 0 Å². The molecule has 0 amide bonds. The summed E-state index contributed by atoms with van der Waals surface area (Å²) in [7, 11) is 0. The number of nitrogens with two attached hydrogens (primary N) is 1. The highest BCUT2D eigenvalue weighted by Gasteiger charge is 2.28. The van der Waals surface area contributed by atoms with Crippen molar-refractivity contribution in [2.24, 2.45) is 11.7 Å². The zero-order valence-corrected chi connectivity index (χ0v) is 11.0. The largest absolute Gasteiger partial charge is 0.328 e. The van der Waals surface area contributed by atoms with Gasteiger partial charge in [-0.2, -0.15) is 0 Å². The van der Waals surface area contributed by atoms with E-state index in [1.54, 1.807) is 6.92 Å². The van der Waals surface area contributed by atoms with Crippen LogP contribution in [0.2, 0.25) is 0 Å². The van der Waals surface area contributed by atoms with Gasteiger partial charge in [0.1, 0.15) is 5.82 Å². The van der Waals surface area contributed by atoms with Crippen LogP contribution in [0.15, 0.2) is 12.1 Å². The van der Waals surface area contributed by atoms with Gasteiger partial charge in [-0.15, -0.1) is 0 Å². The fourth-order valence-electron chi connectivity index (χ4n) is 2.90. The first-order valence-electron chi connectivity index (χ1n) is 6.55. The van der Waals surface area contributed by atoms with Crippen molar-refractivity contribution >= 4 is 5.78 Å². The second kappa shape index (κ2) is 5.19. The van der Waals surface area contributed by atoms with Crippen LogP contribution in [0.4, 0.5) is 4.39 Å². The maximum atomic E-state index is 14.0. The van der Waals surface area contributed by atoms with Crippen molar-refractivity contribution < 1.29 is 9.18 Å². The molecule has 1 aliphatic carbocycles. The molecule has 1 fully saturated rings. The Hall–Kier alpha value is -1.22. The molecule has 2 atom stereocenters. The maximum absolute atomic E-state index is 14.0. The molecule has 0 radical (unpaired) electrons. The van der Waals surface area contributed by atoms with Gasteiger partial charge in [0.15, 0.2) is 5.78 Å². The van der Waals surface area contributed by atoms with Crippen molar-refractivity contribution in [3.05, 3.63) is 34.6 Å². The molecular weight excluding hydrogens is 229 g/mol. The number of carbonyl (C=O) groups is 1. The van der Waals surface area contributed by atoms with Crippen molar-refractivity contribution in [3.63, 3.8) is 0 Å². The Labute approximate surface area is 107 Å². The minimum Gasteiger partial charge on any atom is -0.328 e. The summed E-state index contributed by atoms with van der Waals surface area (Å²) >= 11 is 0. The molecule has 98 valence electrons. The fraction of sp³-hybridized carbons (Fsp3) is 0.533. The summed E-state index contributed by atoms with van der Waals surface area (Å²) in [6.45, 7) is 3.63. The molecule has 2 unspecified atom stereocenters. The summed E-state index contributed by atoms with van der Waals surface area (Å²) in [5.41, 5.74) is 7.74. The number of aryl methyl sites for hydroxylation is 2. The Morgan fingerprint density at radius 3 is 2.67 bits per heavy atom. The first-order valence-corrected chi connectivity index (χ1v) is 6.55. The zero-order valence-electron chi connectivity index (χ0n) is 11.0. The minimum atomic E-state index is -0.392. The lowest BCUT2D eigenvalue weighted by Gasteiger charge is -2.26. The third-order valence-corrected chi connectivity index (χ3v) is 3.76. The number of hydrogen-bond donors (Lipinski definition) is 1. The van der Waals surface area contributed by atoms with E-state index in [2.05, 4.69) is 0 Å². The molecule has 0 heterocycles. The molecule has 0 aromatic heterocycles. The molecule has 1 aliphatic rings. The predicted octanol–water partition coefficient (Wildman–Crippen LogP) is 3.14. The third kappa shape index (κ3) is 2.61. The van der Waals surface area contributed by atoms with E-state index in [0.717, 1.165) is 30.4 Å². The molecule has 1 aromatic carbocycles. The van der Waals surface area contributed by atoms with Crippen LogP contribution >= 0.6 is 0 Å². The van der Waals surface area contributed by atoms with Gasteiger partial charge in [0.05, 0.1) is 5.56 Å².